The van der Waals surface area contributed by atoms with E-state index in [4.69, 9.17) is 5.84 Å². The van der Waals surface area contributed by atoms with Crippen LogP contribution in [0.15, 0.2) is 10.3 Å². The van der Waals surface area contributed by atoms with Gasteiger partial charge in [-0.25, -0.2) is 14.3 Å². The number of rotatable bonds is 4. The minimum absolute atomic E-state index is 0.0256. The molecular formula is C10H16N4O5S2. The number of piperidine rings is 1. The molecule has 0 radical (unpaired) electrons. The van der Waals surface area contributed by atoms with Crippen LogP contribution < -0.4 is 11.3 Å². The fraction of sp³-hybridized carbons (Fsp3) is 0.600. The molecule has 1 aliphatic heterocycles. The molecule has 21 heavy (non-hydrogen) atoms. The van der Waals surface area contributed by atoms with E-state index < -0.39 is 20.5 Å². The molecule has 2 heterocycles. The van der Waals surface area contributed by atoms with Gasteiger partial charge in [0.25, 0.3) is 10.0 Å². The normalized spacial score (nSPS) is 24.0. The molecule has 1 unspecified atom stereocenters. The quantitative estimate of drug-likeness (QED) is 0.413. The highest BCUT2D eigenvalue weighted by Gasteiger charge is 2.37. The third kappa shape index (κ3) is 3.16. The summed E-state index contributed by atoms with van der Waals surface area (Å²) in [4.78, 5) is 10.2. The van der Waals surface area contributed by atoms with Gasteiger partial charge in [-0.3, -0.25) is 10.1 Å². The van der Waals surface area contributed by atoms with Gasteiger partial charge in [0.05, 0.1) is 10.5 Å². The zero-order valence-corrected chi connectivity index (χ0v) is 12.9. The summed E-state index contributed by atoms with van der Waals surface area (Å²) in [5.74, 6) is 5.17. The molecule has 0 aromatic carbocycles. The standard InChI is InChI=1S/C10H16N4O5S2/c1-10(15)3-2-4-13(6-10)21(18,19)8-5-7(14(16)17)9(12-11)20-8/h5,12,15H,2-4,6,11H2,1H3. The molecule has 11 heteroatoms. The van der Waals surface area contributed by atoms with E-state index in [0.29, 0.717) is 24.2 Å². The zero-order valence-electron chi connectivity index (χ0n) is 11.3. The van der Waals surface area contributed by atoms with Gasteiger partial charge in [0.15, 0.2) is 5.00 Å². The molecular weight excluding hydrogens is 320 g/mol. The van der Waals surface area contributed by atoms with E-state index in [0.717, 1.165) is 10.4 Å². The van der Waals surface area contributed by atoms with Crippen molar-refractivity contribution < 1.29 is 18.4 Å². The summed E-state index contributed by atoms with van der Waals surface area (Å²) >= 11 is 0.700. The van der Waals surface area contributed by atoms with E-state index >= 15 is 0 Å². The van der Waals surface area contributed by atoms with Crippen LogP contribution in [0.4, 0.5) is 10.7 Å². The Morgan fingerprint density at radius 1 is 1.62 bits per heavy atom. The molecule has 0 amide bonds. The Bertz CT molecular complexity index is 654. The van der Waals surface area contributed by atoms with Crippen LogP contribution in [0.5, 0.6) is 0 Å². The number of nitro groups is 1. The molecule has 1 aromatic rings. The largest absolute Gasteiger partial charge is 0.389 e. The van der Waals surface area contributed by atoms with Crippen LogP contribution in [0, 0.1) is 10.1 Å². The second-order valence-electron chi connectivity index (χ2n) is 5.12. The van der Waals surface area contributed by atoms with Crippen molar-refractivity contribution in [1.82, 2.24) is 4.31 Å². The summed E-state index contributed by atoms with van der Waals surface area (Å²) in [5, 5.41) is 20.8. The van der Waals surface area contributed by atoms with Crippen LogP contribution in [0.2, 0.25) is 0 Å². The van der Waals surface area contributed by atoms with Crippen molar-refractivity contribution in [3.63, 3.8) is 0 Å². The molecule has 1 saturated heterocycles. The highest BCUT2D eigenvalue weighted by Crippen LogP contribution is 2.38. The number of thiophene rings is 1. The summed E-state index contributed by atoms with van der Waals surface area (Å²) in [6.07, 6.45) is 1.04. The number of nitrogen functional groups attached to an aromatic ring is 1. The van der Waals surface area contributed by atoms with Gasteiger partial charge in [-0.05, 0) is 19.8 Å². The van der Waals surface area contributed by atoms with Crippen molar-refractivity contribution in [2.24, 2.45) is 5.84 Å². The van der Waals surface area contributed by atoms with Crippen LogP contribution in [-0.2, 0) is 10.0 Å². The molecule has 1 atom stereocenters. The smallest absolute Gasteiger partial charge is 0.306 e. The van der Waals surface area contributed by atoms with E-state index in [2.05, 4.69) is 5.43 Å². The Morgan fingerprint density at radius 3 is 2.76 bits per heavy atom. The molecule has 0 saturated carbocycles. The first-order valence-electron chi connectivity index (χ1n) is 6.15. The first-order valence-corrected chi connectivity index (χ1v) is 8.40. The second-order valence-corrected chi connectivity index (χ2v) is 8.34. The SMILES string of the molecule is CC1(O)CCCN(S(=O)(=O)c2cc([N+](=O)[O-])c(NN)s2)C1. The third-order valence-corrected chi connectivity index (χ3v) is 6.60. The Balaban J connectivity index is 2.38. The maximum atomic E-state index is 12.5. The lowest BCUT2D eigenvalue weighted by molar-refractivity contribution is -0.383. The van der Waals surface area contributed by atoms with Crippen LogP contribution >= 0.6 is 11.3 Å². The summed E-state index contributed by atoms with van der Waals surface area (Å²) in [6, 6.07) is 0.985. The number of aliphatic hydroxyl groups is 1. The minimum Gasteiger partial charge on any atom is -0.389 e. The van der Waals surface area contributed by atoms with Crippen LogP contribution in [0.3, 0.4) is 0 Å². The number of hydrogen-bond acceptors (Lipinski definition) is 8. The van der Waals surface area contributed by atoms with Crippen molar-refractivity contribution in [3.8, 4) is 0 Å². The average Bonchev–Trinajstić information content (AvgIpc) is 2.82. The molecule has 9 nitrogen and oxygen atoms in total. The van der Waals surface area contributed by atoms with Crippen molar-refractivity contribution in [2.45, 2.75) is 29.6 Å². The predicted molar refractivity (Wildman–Crippen MR) is 77.4 cm³/mol. The number of hydrazine groups is 1. The fourth-order valence-electron chi connectivity index (χ4n) is 2.23. The third-order valence-electron chi connectivity index (χ3n) is 3.25. The van der Waals surface area contributed by atoms with Crippen molar-refractivity contribution >= 4 is 32.0 Å². The monoisotopic (exact) mass is 336 g/mol. The molecule has 1 fully saturated rings. The fourth-order valence-corrected chi connectivity index (χ4v) is 5.22. The van der Waals surface area contributed by atoms with E-state index in [1.807, 2.05) is 0 Å². The van der Waals surface area contributed by atoms with Crippen molar-refractivity contribution in [2.75, 3.05) is 18.5 Å². The molecule has 1 aliphatic rings. The molecule has 118 valence electrons. The van der Waals surface area contributed by atoms with Gasteiger partial charge in [-0.1, -0.05) is 11.3 Å². The molecule has 0 aliphatic carbocycles. The Hall–Kier alpha value is -1.27. The highest BCUT2D eigenvalue weighted by molar-refractivity contribution is 7.91. The number of nitrogens with one attached hydrogen (secondary N) is 1. The van der Waals surface area contributed by atoms with Gasteiger partial charge in [-0.2, -0.15) is 4.31 Å². The van der Waals surface area contributed by atoms with Crippen LogP contribution in [-0.4, -0.2) is 41.4 Å². The van der Waals surface area contributed by atoms with Gasteiger partial charge >= 0.3 is 5.69 Å². The lowest BCUT2D eigenvalue weighted by Crippen LogP contribution is -2.48. The average molecular weight is 336 g/mol. The number of nitrogens with zero attached hydrogens (tertiary/aromatic N) is 2. The summed E-state index contributed by atoms with van der Waals surface area (Å²) in [5.41, 5.74) is 0.655. The number of β-amino-alcohol motifs (C(OH)–C–C–N with tert-alkyl or cyclic N) is 1. The Morgan fingerprint density at radius 2 is 2.29 bits per heavy atom. The van der Waals surface area contributed by atoms with Crippen molar-refractivity contribution in [1.29, 1.82) is 0 Å². The first-order chi connectivity index (χ1) is 9.67. The van der Waals surface area contributed by atoms with E-state index in [1.165, 1.54) is 0 Å². The molecule has 0 bridgehead atoms. The number of nitrogens with two attached hydrogens (primary N) is 1. The summed E-state index contributed by atoms with van der Waals surface area (Å²) < 4.78 is 26.0. The first kappa shape index (κ1) is 16.1. The van der Waals surface area contributed by atoms with Gasteiger partial charge in [0, 0.05) is 19.2 Å². The number of hydrogen-bond donors (Lipinski definition) is 3. The van der Waals surface area contributed by atoms with Gasteiger partial charge < -0.3 is 10.5 Å². The molecule has 1 aromatic heterocycles. The summed E-state index contributed by atoms with van der Waals surface area (Å²) in [6.45, 7) is 1.81. The van der Waals surface area contributed by atoms with E-state index in [1.54, 1.807) is 6.92 Å². The lowest BCUT2D eigenvalue weighted by Gasteiger charge is -2.35. The Kier molecular flexibility index (Phi) is 4.22. The van der Waals surface area contributed by atoms with Gasteiger partial charge in [-0.15, -0.1) is 0 Å². The van der Waals surface area contributed by atoms with E-state index in [-0.39, 0.29) is 28.0 Å². The number of anilines is 1. The topological polar surface area (TPSA) is 139 Å². The van der Waals surface area contributed by atoms with Gasteiger partial charge in [0.2, 0.25) is 0 Å². The predicted octanol–water partition coefficient (Wildman–Crippen LogP) is 0.477. The summed E-state index contributed by atoms with van der Waals surface area (Å²) in [7, 11) is -3.89. The minimum atomic E-state index is -3.89. The molecule has 2 rings (SSSR count). The van der Waals surface area contributed by atoms with E-state index in [9.17, 15) is 23.6 Å². The maximum absolute atomic E-state index is 12.5. The second kappa shape index (κ2) is 5.50. The Labute approximate surface area is 125 Å². The van der Waals surface area contributed by atoms with Gasteiger partial charge in [0.1, 0.15) is 4.21 Å². The maximum Gasteiger partial charge on any atom is 0.306 e. The molecule has 0 spiro atoms. The number of sulfonamides is 1. The van der Waals surface area contributed by atoms with Crippen LogP contribution in [0.25, 0.3) is 0 Å². The lowest BCUT2D eigenvalue weighted by atomic mass is 9.97. The molecule has 4 N–H and O–H groups in total. The van der Waals surface area contributed by atoms with Crippen molar-refractivity contribution in [3.05, 3.63) is 16.2 Å². The van der Waals surface area contributed by atoms with Crippen LogP contribution in [0.1, 0.15) is 19.8 Å². The highest BCUT2D eigenvalue weighted by atomic mass is 32.2. The zero-order chi connectivity index (χ0) is 15.8.